The number of halogens is 1. The number of hydrogen-bond acceptors (Lipinski definition) is 3. The molecule has 3 nitrogen and oxygen atoms in total. The Bertz CT molecular complexity index is 1190. The molecule has 1 atom stereocenters. The summed E-state index contributed by atoms with van der Waals surface area (Å²) in [6.07, 6.45) is 22.4. The van der Waals surface area contributed by atoms with E-state index in [0.29, 0.717) is 0 Å². The average Bonchev–Trinajstić information content (AvgIpc) is 3.67. The minimum absolute atomic E-state index is 0. The van der Waals surface area contributed by atoms with Gasteiger partial charge in [-0.3, -0.25) is 9.89 Å². The molecular weight excluding hydrogens is 518 g/mol. The number of benzene rings is 2. The van der Waals surface area contributed by atoms with Gasteiger partial charge in [-0.2, -0.15) is 0 Å². The van der Waals surface area contributed by atoms with E-state index in [4.69, 9.17) is 16.6 Å². The first-order valence-corrected chi connectivity index (χ1v) is 12.3. The van der Waals surface area contributed by atoms with Crippen molar-refractivity contribution in [3.63, 3.8) is 0 Å². The number of nitrogens with zero attached hydrogens (tertiary/aromatic N) is 3. The number of allylic oxidation sites excluding steroid dienone is 1. The van der Waals surface area contributed by atoms with Crippen molar-refractivity contribution in [3.8, 4) is 0 Å². The van der Waals surface area contributed by atoms with E-state index in [2.05, 4.69) is 72.8 Å². The minimum atomic E-state index is -0.128. The zero-order valence-corrected chi connectivity index (χ0v) is 22.2. The van der Waals surface area contributed by atoms with Gasteiger partial charge in [0.15, 0.2) is 0 Å². The van der Waals surface area contributed by atoms with Crippen molar-refractivity contribution >= 4 is 23.3 Å². The minimum Gasteiger partial charge on any atom is -0.282 e. The second kappa shape index (κ2) is 13.4. The zero-order valence-electron chi connectivity index (χ0n) is 20.4. The van der Waals surface area contributed by atoms with Crippen molar-refractivity contribution in [2.24, 2.45) is 4.99 Å². The standard InChI is InChI=1S/C27H21ClN3.C5H5.Fe/c1-19-8-2-5-11-23(19)27-30-24(20-13-15-22(28)16-14-20)18-25(21-9-3-4-10-21)31(27)26-12-6-7-17-29-26;1-2-4-5-3-1;/h2-18,24H,1H3;1-5H;/q;;+2. The molecule has 0 bridgehead atoms. The summed E-state index contributed by atoms with van der Waals surface area (Å²) in [6.45, 7) is 2.12. The van der Waals surface area contributed by atoms with Gasteiger partial charge >= 0.3 is 17.1 Å². The first-order chi connectivity index (χ1) is 17.7. The Morgan fingerprint density at radius 2 is 1.41 bits per heavy atom. The van der Waals surface area contributed by atoms with E-state index in [-0.39, 0.29) is 23.1 Å². The number of aromatic nitrogens is 1. The maximum absolute atomic E-state index is 6.14. The van der Waals surface area contributed by atoms with Crippen molar-refractivity contribution in [2.75, 3.05) is 4.90 Å². The molecule has 3 aromatic rings. The van der Waals surface area contributed by atoms with Gasteiger partial charge < -0.3 is 0 Å². The third kappa shape index (κ3) is 6.74. The Morgan fingerprint density at radius 1 is 0.757 bits per heavy atom. The molecule has 37 heavy (non-hydrogen) atoms. The molecule has 2 saturated carbocycles. The van der Waals surface area contributed by atoms with Crippen molar-refractivity contribution in [3.05, 3.63) is 170 Å². The van der Waals surface area contributed by atoms with Crippen LogP contribution in [0.25, 0.3) is 0 Å². The Kier molecular flexibility index (Phi) is 10.0. The van der Waals surface area contributed by atoms with Gasteiger partial charge in [-0.15, -0.1) is 0 Å². The molecule has 1 unspecified atom stereocenters. The fourth-order valence-corrected chi connectivity index (χ4v) is 4.34. The summed E-state index contributed by atoms with van der Waals surface area (Å²) in [5.74, 6) is 2.85. The number of anilines is 1. The average molecular weight is 544 g/mol. The largest absolute Gasteiger partial charge is 2.00 e. The number of amidine groups is 1. The van der Waals surface area contributed by atoms with Crippen molar-refractivity contribution in [1.29, 1.82) is 0 Å². The molecule has 2 fully saturated rings. The second-order valence-corrected chi connectivity index (χ2v) is 8.91. The molecule has 2 aromatic carbocycles. The van der Waals surface area contributed by atoms with Crippen molar-refractivity contribution < 1.29 is 17.1 Å². The molecule has 0 N–H and O–H groups in total. The molecule has 0 spiro atoms. The zero-order chi connectivity index (χ0) is 24.7. The predicted molar refractivity (Wildman–Crippen MR) is 149 cm³/mol. The van der Waals surface area contributed by atoms with Gasteiger partial charge in [0.25, 0.3) is 0 Å². The van der Waals surface area contributed by atoms with E-state index in [0.717, 1.165) is 39.4 Å². The van der Waals surface area contributed by atoms with E-state index in [9.17, 15) is 0 Å². The Labute approximate surface area is 237 Å². The normalized spacial score (nSPS) is 19.4. The quantitative estimate of drug-likeness (QED) is 0.322. The topological polar surface area (TPSA) is 28.5 Å². The molecule has 0 saturated heterocycles. The van der Waals surface area contributed by atoms with Gasteiger partial charge in [0.05, 0.1) is 6.04 Å². The van der Waals surface area contributed by atoms with Crippen molar-refractivity contribution in [1.82, 2.24) is 4.98 Å². The number of pyridine rings is 1. The maximum Gasteiger partial charge on any atom is 2.00 e. The van der Waals surface area contributed by atoms with Crippen LogP contribution in [0, 0.1) is 70.6 Å². The van der Waals surface area contributed by atoms with Gasteiger partial charge in [-0.25, -0.2) is 4.98 Å². The molecule has 6 rings (SSSR count). The van der Waals surface area contributed by atoms with Crippen LogP contribution in [0.2, 0.25) is 5.02 Å². The third-order valence-electron chi connectivity index (χ3n) is 6.02. The van der Waals surface area contributed by atoms with Gasteiger partial charge in [0, 0.05) is 28.4 Å². The molecule has 1 aliphatic heterocycles. The van der Waals surface area contributed by atoms with E-state index in [1.165, 1.54) is 5.56 Å². The van der Waals surface area contributed by atoms with E-state index < -0.39 is 0 Å². The number of rotatable bonds is 4. The Balaban J connectivity index is 0.000000479. The SMILES string of the molecule is Cc1ccccc1C1=NC(c2ccc(Cl)cc2)C=C([C]2[CH][CH][CH][CH]2)N1c1ccccn1.[CH]1[CH][CH][CH][CH]1.[Fe+2]. The van der Waals surface area contributed by atoms with Crippen LogP contribution in [0.15, 0.2) is 89.7 Å². The monoisotopic (exact) mass is 543 g/mol. The summed E-state index contributed by atoms with van der Waals surface area (Å²) in [7, 11) is 0. The second-order valence-electron chi connectivity index (χ2n) is 8.48. The molecule has 1 aromatic heterocycles. The molecular formula is C32H26ClFeN3+2. The molecule has 3 aliphatic rings. The summed E-state index contributed by atoms with van der Waals surface area (Å²) in [4.78, 5) is 12.0. The van der Waals surface area contributed by atoms with Crippen LogP contribution < -0.4 is 4.90 Å². The van der Waals surface area contributed by atoms with Gasteiger partial charge in [-0.05, 0) is 106 Å². The smallest absolute Gasteiger partial charge is 0.282 e. The number of aryl methyl sites for hydroxylation is 1. The predicted octanol–water partition coefficient (Wildman–Crippen LogP) is 7.36. The first-order valence-electron chi connectivity index (χ1n) is 11.9. The first kappa shape index (κ1) is 27.6. The Hall–Kier alpha value is -2.39. The molecule has 0 amide bonds. The molecule has 5 heteroatoms. The summed E-state index contributed by atoms with van der Waals surface area (Å²) in [5, 5.41) is 0.720. The summed E-state index contributed by atoms with van der Waals surface area (Å²) < 4.78 is 0. The fraction of sp³-hybridized carbons (Fsp3) is 0.0625. The fourth-order valence-electron chi connectivity index (χ4n) is 4.22. The Morgan fingerprint density at radius 3 is 2.03 bits per heavy atom. The third-order valence-corrected chi connectivity index (χ3v) is 6.27. The van der Waals surface area contributed by atoms with Crippen LogP contribution >= 0.6 is 11.6 Å². The van der Waals surface area contributed by atoms with E-state index in [1.807, 2.05) is 80.8 Å². The summed E-state index contributed by atoms with van der Waals surface area (Å²) in [5.41, 5.74) is 4.42. The summed E-state index contributed by atoms with van der Waals surface area (Å²) >= 11 is 6.14. The van der Waals surface area contributed by atoms with E-state index in [1.54, 1.807) is 0 Å². The van der Waals surface area contributed by atoms with Crippen LogP contribution in [0.4, 0.5) is 5.82 Å². The van der Waals surface area contributed by atoms with Crippen LogP contribution in [-0.2, 0) is 17.1 Å². The van der Waals surface area contributed by atoms with Crippen LogP contribution in [0.1, 0.15) is 22.7 Å². The summed E-state index contributed by atoms with van der Waals surface area (Å²) in [6, 6.07) is 22.1. The van der Waals surface area contributed by atoms with Crippen molar-refractivity contribution in [2.45, 2.75) is 13.0 Å². The van der Waals surface area contributed by atoms with E-state index >= 15 is 0 Å². The molecule has 182 valence electrons. The molecule has 2 heterocycles. The maximum atomic E-state index is 6.14. The van der Waals surface area contributed by atoms with Crippen LogP contribution in [0.5, 0.6) is 0 Å². The van der Waals surface area contributed by atoms with Crippen LogP contribution in [-0.4, -0.2) is 10.8 Å². The number of hydrogen-bond donors (Lipinski definition) is 0. The number of aliphatic imine (C=N–C) groups is 1. The van der Waals surface area contributed by atoms with Gasteiger partial charge in [0.1, 0.15) is 11.7 Å². The van der Waals surface area contributed by atoms with Gasteiger partial charge in [0.2, 0.25) is 0 Å². The molecule has 2 aliphatic carbocycles. The molecule has 10 radical (unpaired) electrons. The van der Waals surface area contributed by atoms with Crippen LogP contribution in [0.3, 0.4) is 0 Å². The van der Waals surface area contributed by atoms with Gasteiger partial charge in [-0.1, -0.05) is 54.1 Å².